The second kappa shape index (κ2) is 13.5. The number of aliphatic imine (C=N–C) groups is 1. The van der Waals surface area contributed by atoms with Crippen molar-refractivity contribution in [2.24, 2.45) is 4.99 Å². The molecule has 41 heavy (non-hydrogen) atoms. The lowest BCUT2D eigenvalue weighted by molar-refractivity contribution is 0.0956. The van der Waals surface area contributed by atoms with E-state index in [0.29, 0.717) is 40.9 Å². The van der Waals surface area contributed by atoms with Crippen molar-refractivity contribution >= 4 is 18.0 Å². The summed E-state index contributed by atoms with van der Waals surface area (Å²) in [6.07, 6.45) is 1.40. The highest BCUT2D eigenvalue weighted by atomic mass is 16.5. The van der Waals surface area contributed by atoms with E-state index in [-0.39, 0.29) is 5.91 Å². The van der Waals surface area contributed by atoms with Crippen LogP contribution >= 0.6 is 0 Å². The Labute approximate surface area is 238 Å². The monoisotopic (exact) mass is 544 g/mol. The Morgan fingerprint density at radius 3 is 1.49 bits per heavy atom. The minimum Gasteiger partial charge on any atom is -0.457 e. The molecule has 0 aliphatic carbocycles. The summed E-state index contributed by atoms with van der Waals surface area (Å²) in [7, 11) is 0. The Hall–Kier alpha value is -5.56. The summed E-state index contributed by atoms with van der Waals surface area (Å²) >= 11 is 0. The first-order chi connectivity index (χ1) is 20.1. The van der Waals surface area contributed by atoms with Crippen LogP contribution in [0.3, 0.4) is 0 Å². The molecule has 204 valence electrons. The molecule has 0 bridgehead atoms. The Morgan fingerprint density at radius 2 is 1.00 bits per heavy atom. The molecule has 1 N–H and O–H groups in total. The van der Waals surface area contributed by atoms with Gasteiger partial charge in [0.2, 0.25) is 0 Å². The van der Waals surface area contributed by atoms with Crippen LogP contribution in [-0.2, 0) is 0 Å². The van der Waals surface area contributed by atoms with Crippen LogP contribution in [0.2, 0.25) is 0 Å². The standard InChI is InChI=1S/C34H28N2O5/c1-2-35-34(37)25-8-12-29(13-9-25)40-32-20-22-33(23-21-32)41-31-18-16-27(17-19-31)38-24-36-26-10-14-30(15-11-26)39-28-6-4-3-5-7-28/h3-24H,2H2,1H3,(H,35,37). The van der Waals surface area contributed by atoms with Gasteiger partial charge >= 0.3 is 0 Å². The predicted molar refractivity (Wildman–Crippen MR) is 159 cm³/mol. The van der Waals surface area contributed by atoms with E-state index in [2.05, 4.69) is 10.3 Å². The van der Waals surface area contributed by atoms with Crippen LogP contribution in [0.4, 0.5) is 5.69 Å². The minimum atomic E-state index is -0.107. The van der Waals surface area contributed by atoms with E-state index in [4.69, 9.17) is 18.9 Å². The maximum absolute atomic E-state index is 11.9. The van der Waals surface area contributed by atoms with Gasteiger partial charge in [0.25, 0.3) is 5.91 Å². The fourth-order valence-corrected chi connectivity index (χ4v) is 3.74. The average Bonchev–Trinajstić information content (AvgIpc) is 3.01. The lowest BCUT2D eigenvalue weighted by Crippen LogP contribution is -2.22. The molecule has 0 aliphatic rings. The molecule has 5 rings (SSSR count). The van der Waals surface area contributed by atoms with Crippen molar-refractivity contribution in [1.29, 1.82) is 0 Å². The van der Waals surface area contributed by atoms with E-state index in [9.17, 15) is 4.79 Å². The van der Waals surface area contributed by atoms with Gasteiger partial charge in [-0.1, -0.05) is 18.2 Å². The SMILES string of the molecule is CCNC(=O)c1ccc(Oc2ccc(Oc3ccc(OC=Nc4ccc(Oc5ccccc5)cc4)cc3)cc2)cc1. The molecule has 0 atom stereocenters. The lowest BCUT2D eigenvalue weighted by Gasteiger charge is -2.09. The van der Waals surface area contributed by atoms with Gasteiger partial charge in [-0.3, -0.25) is 4.79 Å². The van der Waals surface area contributed by atoms with Crippen LogP contribution in [0.25, 0.3) is 0 Å². The van der Waals surface area contributed by atoms with Gasteiger partial charge < -0.3 is 24.3 Å². The first-order valence-electron chi connectivity index (χ1n) is 13.1. The van der Waals surface area contributed by atoms with Crippen LogP contribution in [0.15, 0.2) is 132 Å². The molecule has 7 heteroatoms. The summed E-state index contributed by atoms with van der Waals surface area (Å²) in [5.41, 5.74) is 1.33. The van der Waals surface area contributed by atoms with Crippen molar-refractivity contribution in [3.63, 3.8) is 0 Å². The van der Waals surface area contributed by atoms with E-state index in [0.717, 1.165) is 17.2 Å². The van der Waals surface area contributed by atoms with Crippen molar-refractivity contribution in [3.8, 4) is 40.2 Å². The molecule has 5 aromatic rings. The van der Waals surface area contributed by atoms with E-state index >= 15 is 0 Å². The second-order valence-electron chi connectivity index (χ2n) is 8.79. The lowest BCUT2D eigenvalue weighted by atomic mass is 10.2. The molecule has 0 aliphatic heterocycles. The molecule has 0 heterocycles. The van der Waals surface area contributed by atoms with Crippen LogP contribution in [0, 0.1) is 0 Å². The maximum Gasteiger partial charge on any atom is 0.251 e. The highest BCUT2D eigenvalue weighted by molar-refractivity contribution is 5.94. The van der Waals surface area contributed by atoms with Crippen LogP contribution < -0.4 is 24.3 Å². The number of hydrogen-bond donors (Lipinski definition) is 1. The number of para-hydroxylation sites is 1. The normalized spacial score (nSPS) is 10.7. The average molecular weight is 545 g/mol. The topological polar surface area (TPSA) is 78.4 Å². The number of hydrogen-bond acceptors (Lipinski definition) is 6. The highest BCUT2D eigenvalue weighted by Gasteiger charge is 2.05. The molecular formula is C34H28N2O5. The molecule has 0 saturated carbocycles. The largest absolute Gasteiger partial charge is 0.457 e. The predicted octanol–water partition coefficient (Wildman–Crippen LogP) is 8.55. The van der Waals surface area contributed by atoms with Crippen LogP contribution in [0.5, 0.6) is 40.2 Å². The summed E-state index contributed by atoms with van der Waals surface area (Å²) in [6, 6.07) is 38.6. The summed E-state index contributed by atoms with van der Waals surface area (Å²) in [4.78, 5) is 16.2. The summed E-state index contributed by atoms with van der Waals surface area (Å²) in [5, 5.41) is 2.77. The van der Waals surface area contributed by atoms with Gasteiger partial charge in [-0.2, -0.15) is 0 Å². The number of benzene rings is 5. The van der Waals surface area contributed by atoms with Crippen molar-refractivity contribution in [2.75, 3.05) is 6.54 Å². The highest BCUT2D eigenvalue weighted by Crippen LogP contribution is 2.28. The van der Waals surface area contributed by atoms with Gasteiger partial charge in [0.05, 0.1) is 5.69 Å². The number of nitrogens with zero attached hydrogens (tertiary/aromatic N) is 1. The minimum absolute atomic E-state index is 0.107. The van der Waals surface area contributed by atoms with Gasteiger partial charge in [0.15, 0.2) is 6.40 Å². The smallest absolute Gasteiger partial charge is 0.251 e. The Morgan fingerprint density at radius 1 is 0.585 bits per heavy atom. The zero-order chi connectivity index (χ0) is 28.3. The zero-order valence-corrected chi connectivity index (χ0v) is 22.4. The Bertz CT molecular complexity index is 1570. The molecule has 0 saturated heterocycles. The number of carbonyl (C=O) groups is 1. The van der Waals surface area contributed by atoms with Crippen molar-refractivity contribution in [1.82, 2.24) is 5.32 Å². The van der Waals surface area contributed by atoms with Crippen molar-refractivity contribution < 1.29 is 23.7 Å². The molecule has 0 unspecified atom stereocenters. The van der Waals surface area contributed by atoms with E-state index in [1.54, 1.807) is 36.4 Å². The number of ether oxygens (including phenoxy) is 4. The Kier molecular flexibility index (Phi) is 8.89. The molecule has 1 amide bonds. The zero-order valence-electron chi connectivity index (χ0n) is 22.4. The quantitative estimate of drug-likeness (QED) is 0.133. The van der Waals surface area contributed by atoms with Crippen molar-refractivity contribution in [3.05, 3.63) is 133 Å². The van der Waals surface area contributed by atoms with Gasteiger partial charge in [-0.25, -0.2) is 4.99 Å². The van der Waals surface area contributed by atoms with Crippen LogP contribution in [-0.4, -0.2) is 18.9 Å². The molecule has 5 aromatic carbocycles. The summed E-state index contributed by atoms with van der Waals surface area (Å²) < 4.78 is 23.2. The van der Waals surface area contributed by atoms with Gasteiger partial charge in [0, 0.05) is 12.1 Å². The Balaban J connectivity index is 1.09. The molecular weight excluding hydrogens is 516 g/mol. The van der Waals surface area contributed by atoms with Gasteiger partial charge in [-0.05, 0) is 116 Å². The summed E-state index contributed by atoms with van der Waals surface area (Å²) in [6.45, 7) is 2.47. The second-order valence-corrected chi connectivity index (χ2v) is 8.79. The fraction of sp³-hybridized carbons (Fsp3) is 0.0588. The molecule has 0 radical (unpaired) electrons. The third-order valence-corrected chi connectivity index (χ3v) is 5.78. The fourth-order valence-electron chi connectivity index (χ4n) is 3.74. The third kappa shape index (κ3) is 7.97. The van der Waals surface area contributed by atoms with E-state index in [1.807, 2.05) is 97.9 Å². The first kappa shape index (κ1) is 27.0. The number of nitrogens with one attached hydrogen (secondary N) is 1. The number of carbonyl (C=O) groups excluding carboxylic acids is 1. The van der Waals surface area contributed by atoms with Crippen LogP contribution in [0.1, 0.15) is 17.3 Å². The van der Waals surface area contributed by atoms with Gasteiger partial charge in [0.1, 0.15) is 40.2 Å². The van der Waals surface area contributed by atoms with Gasteiger partial charge in [-0.15, -0.1) is 0 Å². The molecule has 7 nitrogen and oxygen atoms in total. The number of rotatable bonds is 11. The third-order valence-electron chi connectivity index (χ3n) is 5.78. The number of amides is 1. The molecule has 0 aromatic heterocycles. The van der Waals surface area contributed by atoms with Crippen molar-refractivity contribution in [2.45, 2.75) is 6.92 Å². The van der Waals surface area contributed by atoms with E-state index < -0.39 is 0 Å². The first-order valence-corrected chi connectivity index (χ1v) is 13.1. The summed E-state index contributed by atoms with van der Waals surface area (Å²) in [5.74, 6) is 4.67. The van der Waals surface area contributed by atoms with E-state index in [1.165, 1.54) is 6.40 Å². The molecule has 0 spiro atoms. The molecule has 0 fully saturated rings. The maximum atomic E-state index is 11.9.